The van der Waals surface area contributed by atoms with Gasteiger partial charge in [0.2, 0.25) is 0 Å². The van der Waals surface area contributed by atoms with Gasteiger partial charge in [-0.2, -0.15) is 0 Å². The molecule has 1 aliphatic heterocycles. The second kappa shape index (κ2) is 5.75. The summed E-state index contributed by atoms with van der Waals surface area (Å²) in [7, 11) is 1.58. The Kier molecular flexibility index (Phi) is 4.26. The number of rotatable bonds is 3. The predicted molar refractivity (Wildman–Crippen MR) is 69.0 cm³/mol. The van der Waals surface area contributed by atoms with Gasteiger partial charge >= 0.3 is 0 Å². The molecule has 1 heterocycles. The van der Waals surface area contributed by atoms with Crippen molar-refractivity contribution in [3.8, 4) is 5.75 Å². The zero-order chi connectivity index (χ0) is 14.0. The van der Waals surface area contributed by atoms with Crippen LogP contribution in [0.4, 0.5) is 5.69 Å². The van der Waals surface area contributed by atoms with E-state index < -0.39 is 30.6 Å². The Morgan fingerprint density at radius 1 is 1.05 bits per heavy atom. The molecular formula is C13H19NO5. The summed E-state index contributed by atoms with van der Waals surface area (Å²) in [6.07, 6.45) is -4.87. The topological polar surface area (TPSA) is 91.2 Å². The SMILES string of the molecule is COc1ccc(N[C@@H]2O[C@@H](C)[C@H](O)[C@H](O)[C@@H]2O)cc1. The first-order chi connectivity index (χ1) is 9.02. The van der Waals surface area contributed by atoms with E-state index in [1.807, 2.05) is 0 Å². The maximum atomic E-state index is 9.87. The molecule has 6 heteroatoms. The van der Waals surface area contributed by atoms with Gasteiger partial charge in [-0.05, 0) is 31.2 Å². The van der Waals surface area contributed by atoms with Crippen molar-refractivity contribution in [3.05, 3.63) is 24.3 Å². The van der Waals surface area contributed by atoms with Crippen molar-refractivity contribution < 1.29 is 24.8 Å². The van der Waals surface area contributed by atoms with E-state index in [9.17, 15) is 15.3 Å². The lowest BCUT2D eigenvalue weighted by Gasteiger charge is -2.39. The second-order valence-corrected chi connectivity index (χ2v) is 4.61. The Labute approximate surface area is 111 Å². The summed E-state index contributed by atoms with van der Waals surface area (Å²) in [5.74, 6) is 0.722. The van der Waals surface area contributed by atoms with Gasteiger partial charge < -0.3 is 30.1 Å². The Morgan fingerprint density at radius 2 is 1.68 bits per heavy atom. The lowest BCUT2D eigenvalue weighted by molar-refractivity contribution is -0.209. The third-order valence-corrected chi connectivity index (χ3v) is 3.25. The van der Waals surface area contributed by atoms with Gasteiger partial charge in [0.05, 0.1) is 13.2 Å². The third-order valence-electron chi connectivity index (χ3n) is 3.25. The minimum absolute atomic E-state index is 0.561. The lowest BCUT2D eigenvalue weighted by atomic mass is 9.99. The molecule has 0 bridgehead atoms. The molecule has 0 aliphatic carbocycles. The summed E-state index contributed by atoms with van der Waals surface area (Å²) in [6.45, 7) is 1.64. The molecule has 19 heavy (non-hydrogen) atoms. The molecule has 0 unspecified atom stereocenters. The molecule has 0 aromatic heterocycles. The van der Waals surface area contributed by atoms with Crippen LogP contribution in [-0.2, 0) is 4.74 Å². The van der Waals surface area contributed by atoms with Gasteiger partial charge in [-0.1, -0.05) is 0 Å². The summed E-state index contributed by atoms with van der Waals surface area (Å²) in [5, 5.41) is 32.1. The number of aliphatic hydroxyl groups is 3. The van der Waals surface area contributed by atoms with Crippen molar-refractivity contribution in [1.82, 2.24) is 0 Å². The highest BCUT2D eigenvalue weighted by molar-refractivity contribution is 5.47. The van der Waals surface area contributed by atoms with Gasteiger partial charge in [-0.25, -0.2) is 0 Å². The van der Waals surface area contributed by atoms with Crippen LogP contribution in [-0.4, -0.2) is 53.1 Å². The van der Waals surface area contributed by atoms with Gasteiger partial charge in [-0.15, -0.1) is 0 Å². The molecule has 2 rings (SSSR count). The highest BCUT2D eigenvalue weighted by atomic mass is 16.5. The van der Waals surface area contributed by atoms with E-state index >= 15 is 0 Å². The van der Waals surface area contributed by atoms with E-state index in [-0.39, 0.29) is 0 Å². The first kappa shape index (κ1) is 14.1. The molecule has 0 saturated carbocycles. The van der Waals surface area contributed by atoms with Crippen LogP contribution in [0.15, 0.2) is 24.3 Å². The van der Waals surface area contributed by atoms with Gasteiger partial charge in [-0.3, -0.25) is 0 Å². The smallest absolute Gasteiger partial charge is 0.157 e. The van der Waals surface area contributed by atoms with Crippen LogP contribution in [0.1, 0.15) is 6.92 Å². The number of methoxy groups -OCH3 is 1. The van der Waals surface area contributed by atoms with Crippen LogP contribution in [0, 0.1) is 0 Å². The van der Waals surface area contributed by atoms with E-state index in [0.29, 0.717) is 0 Å². The van der Waals surface area contributed by atoms with Gasteiger partial charge in [0.1, 0.15) is 24.1 Å². The molecular weight excluding hydrogens is 250 g/mol. The zero-order valence-electron chi connectivity index (χ0n) is 10.9. The van der Waals surface area contributed by atoms with Crippen molar-refractivity contribution in [2.75, 3.05) is 12.4 Å². The van der Waals surface area contributed by atoms with Crippen molar-refractivity contribution in [3.63, 3.8) is 0 Å². The van der Waals surface area contributed by atoms with E-state index in [1.165, 1.54) is 0 Å². The summed E-state index contributed by atoms with van der Waals surface area (Å²) in [5.41, 5.74) is 0.723. The van der Waals surface area contributed by atoms with Gasteiger partial charge in [0, 0.05) is 5.69 Å². The Hall–Kier alpha value is -1.34. The fraction of sp³-hybridized carbons (Fsp3) is 0.538. The van der Waals surface area contributed by atoms with Crippen LogP contribution < -0.4 is 10.1 Å². The summed E-state index contributed by atoms with van der Waals surface area (Å²) < 4.78 is 10.5. The highest BCUT2D eigenvalue weighted by Crippen LogP contribution is 2.23. The highest BCUT2D eigenvalue weighted by Gasteiger charge is 2.41. The quantitative estimate of drug-likeness (QED) is 0.614. The Bertz CT molecular complexity index is 410. The first-order valence-electron chi connectivity index (χ1n) is 6.13. The Morgan fingerprint density at radius 3 is 2.26 bits per heavy atom. The second-order valence-electron chi connectivity index (χ2n) is 4.61. The maximum absolute atomic E-state index is 9.87. The molecule has 1 saturated heterocycles. The molecule has 1 aromatic rings. The number of nitrogens with one attached hydrogen (secondary N) is 1. The molecule has 4 N–H and O–H groups in total. The van der Waals surface area contributed by atoms with Crippen molar-refractivity contribution in [1.29, 1.82) is 0 Å². The molecule has 0 amide bonds. The number of anilines is 1. The van der Waals surface area contributed by atoms with Crippen LogP contribution in [0.25, 0.3) is 0 Å². The fourth-order valence-corrected chi connectivity index (χ4v) is 2.02. The predicted octanol–water partition coefficient (Wildman–Crippen LogP) is -0.0654. The Balaban J connectivity index is 2.05. The fourth-order valence-electron chi connectivity index (χ4n) is 2.02. The standard InChI is InChI=1S/C13H19NO5/c1-7-10(15)11(16)12(17)13(19-7)14-8-3-5-9(18-2)6-4-8/h3-7,10-17H,1-2H3/t7-,10-,11-,12-,13+/m0/s1. The van der Waals surface area contributed by atoms with Crippen molar-refractivity contribution in [2.45, 2.75) is 37.6 Å². The van der Waals surface area contributed by atoms with Crippen LogP contribution in [0.5, 0.6) is 5.75 Å². The number of hydrogen-bond donors (Lipinski definition) is 4. The monoisotopic (exact) mass is 269 g/mol. The first-order valence-corrected chi connectivity index (χ1v) is 6.13. The summed E-state index contributed by atoms with van der Waals surface area (Å²) in [4.78, 5) is 0. The maximum Gasteiger partial charge on any atom is 0.157 e. The van der Waals surface area contributed by atoms with Crippen molar-refractivity contribution >= 4 is 5.69 Å². The molecule has 1 aromatic carbocycles. The minimum Gasteiger partial charge on any atom is -0.497 e. The largest absolute Gasteiger partial charge is 0.497 e. The zero-order valence-corrected chi connectivity index (χ0v) is 10.9. The lowest BCUT2D eigenvalue weighted by Crippen LogP contribution is -2.58. The minimum atomic E-state index is -1.24. The third kappa shape index (κ3) is 2.98. The number of benzene rings is 1. The molecule has 0 radical (unpaired) electrons. The summed E-state index contributed by atoms with van der Waals surface area (Å²) >= 11 is 0. The molecule has 6 nitrogen and oxygen atoms in total. The molecule has 1 aliphatic rings. The average molecular weight is 269 g/mol. The van der Waals surface area contributed by atoms with E-state index in [0.717, 1.165) is 11.4 Å². The van der Waals surface area contributed by atoms with E-state index in [2.05, 4.69) is 5.32 Å². The van der Waals surface area contributed by atoms with E-state index in [1.54, 1.807) is 38.3 Å². The van der Waals surface area contributed by atoms with Gasteiger partial charge in [0.15, 0.2) is 6.23 Å². The normalized spacial score (nSPS) is 34.9. The number of hydrogen-bond acceptors (Lipinski definition) is 6. The molecule has 106 valence electrons. The van der Waals surface area contributed by atoms with E-state index in [4.69, 9.17) is 9.47 Å². The summed E-state index contributed by atoms with van der Waals surface area (Å²) in [6, 6.07) is 7.09. The molecule has 0 spiro atoms. The number of ether oxygens (including phenoxy) is 2. The average Bonchev–Trinajstić information content (AvgIpc) is 2.43. The van der Waals surface area contributed by atoms with Crippen molar-refractivity contribution in [2.24, 2.45) is 0 Å². The van der Waals surface area contributed by atoms with Gasteiger partial charge in [0.25, 0.3) is 0 Å². The van der Waals surface area contributed by atoms with Crippen LogP contribution in [0.2, 0.25) is 0 Å². The van der Waals surface area contributed by atoms with Crippen LogP contribution >= 0.6 is 0 Å². The number of aliphatic hydroxyl groups excluding tert-OH is 3. The molecule has 5 atom stereocenters. The van der Waals surface area contributed by atoms with Crippen LogP contribution in [0.3, 0.4) is 0 Å². The molecule has 1 fully saturated rings.